The van der Waals surface area contributed by atoms with E-state index in [0.29, 0.717) is 19.3 Å². The Morgan fingerprint density at radius 3 is 2.37 bits per heavy atom. The molecule has 0 radical (unpaired) electrons. The predicted molar refractivity (Wildman–Crippen MR) is 114 cm³/mol. The molecule has 3 rings (SSSR count). The van der Waals surface area contributed by atoms with Gasteiger partial charge in [-0.05, 0) is 43.5 Å². The van der Waals surface area contributed by atoms with Crippen molar-refractivity contribution >= 4 is 11.8 Å². The Balaban J connectivity index is 2.02. The van der Waals surface area contributed by atoms with E-state index in [1.165, 1.54) is 35.3 Å². The molecule has 0 amide bonds. The van der Waals surface area contributed by atoms with Gasteiger partial charge in [0.1, 0.15) is 0 Å². The molecule has 3 nitrogen and oxygen atoms in total. The van der Waals surface area contributed by atoms with Crippen molar-refractivity contribution in [3.63, 3.8) is 0 Å². The molecule has 2 atom stereocenters. The number of unbranched alkanes of at least 4 members (excludes halogenated alkanes) is 1. The largest absolute Gasteiger partial charge is 0.490 e. The van der Waals surface area contributed by atoms with E-state index >= 15 is 0 Å². The fourth-order valence-electron chi connectivity index (χ4n) is 3.55. The fourth-order valence-corrected chi connectivity index (χ4v) is 4.72. The SMILES string of the molecule is CCCC[C@@H]1CSc2cc(OCC)c(OCC)cc2[C@@H](c2ccccc2)N1. The lowest BCUT2D eigenvalue weighted by Gasteiger charge is -2.24. The first kappa shape index (κ1) is 20.1. The summed E-state index contributed by atoms with van der Waals surface area (Å²) in [6.45, 7) is 7.57. The molecule has 0 unspecified atom stereocenters. The monoisotopic (exact) mass is 385 g/mol. The summed E-state index contributed by atoms with van der Waals surface area (Å²) in [5.74, 6) is 2.77. The van der Waals surface area contributed by atoms with Crippen molar-refractivity contribution in [2.45, 2.75) is 57.0 Å². The quantitative estimate of drug-likeness (QED) is 0.619. The van der Waals surface area contributed by atoms with Crippen molar-refractivity contribution in [3.8, 4) is 11.5 Å². The maximum absolute atomic E-state index is 5.91. The zero-order valence-corrected chi connectivity index (χ0v) is 17.5. The maximum Gasteiger partial charge on any atom is 0.162 e. The molecule has 1 aliphatic heterocycles. The van der Waals surface area contributed by atoms with Crippen LogP contribution >= 0.6 is 11.8 Å². The second-order valence-electron chi connectivity index (χ2n) is 6.86. The molecule has 0 spiro atoms. The number of rotatable bonds is 8. The molecule has 0 saturated heterocycles. The van der Waals surface area contributed by atoms with Gasteiger partial charge >= 0.3 is 0 Å². The summed E-state index contributed by atoms with van der Waals surface area (Å²) in [6.07, 6.45) is 3.69. The van der Waals surface area contributed by atoms with Crippen LogP contribution in [0.3, 0.4) is 0 Å². The molecule has 4 heteroatoms. The molecule has 2 aromatic rings. The molecule has 1 aliphatic rings. The lowest BCUT2D eigenvalue weighted by atomic mass is 9.96. The number of thioether (sulfide) groups is 1. The summed E-state index contributed by atoms with van der Waals surface area (Å²) >= 11 is 1.94. The zero-order valence-electron chi connectivity index (χ0n) is 16.7. The van der Waals surface area contributed by atoms with Gasteiger partial charge in [0.05, 0.1) is 19.3 Å². The Bertz CT molecular complexity index is 720. The highest BCUT2D eigenvalue weighted by Gasteiger charge is 2.27. The van der Waals surface area contributed by atoms with Gasteiger partial charge in [-0.1, -0.05) is 50.1 Å². The lowest BCUT2D eigenvalue weighted by Crippen LogP contribution is -2.34. The predicted octanol–water partition coefficient (Wildman–Crippen LogP) is 5.83. The van der Waals surface area contributed by atoms with Gasteiger partial charge in [0.15, 0.2) is 11.5 Å². The van der Waals surface area contributed by atoms with E-state index in [1.807, 2.05) is 25.6 Å². The topological polar surface area (TPSA) is 30.5 Å². The second kappa shape index (κ2) is 10.0. The van der Waals surface area contributed by atoms with Crippen molar-refractivity contribution in [2.24, 2.45) is 0 Å². The smallest absolute Gasteiger partial charge is 0.162 e. The molecule has 1 heterocycles. The van der Waals surface area contributed by atoms with Crippen molar-refractivity contribution in [1.82, 2.24) is 5.32 Å². The summed E-state index contributed by atoms with van der Waals surface area (Å²) in [7, 11) is 0. The van der Waals surface area contributed by atoms with Gasteiger partial charge in [-0.2, -0.15) is 0 Å². The summed E-state index contributed by atoms with van der Waals surface area (Å²) < 4.78 is 11.8. The number of fused-ring (bicyclic) bond motifs is 1. The van der Waals surface area contributed by atoms with Crippen LogP contribution in [0.2, 0.25) is 0 Å². The molecular weight excluding hydrogens is 354 g/mol. The van der Waals surface area contributed by atoms with Crippen LogP contribution in [0.5, 0.6) is 11.5 Å². The van der Waals surface area contributed by atoms with Gasteiger partial charge in [0.25, 0.3) is 0 Å². The number of hydrogen-bond donors (Lipinski definition) is 1. The van der Waals surface area contributed by atoms with Gasteiger partial charge in [-0.25, -0.2) is 0 Å². The highest BCUT2D eigenvalue weighted by Crippen LogP contribution is 2.42. The van der Waals surface area contributed by atoms with E-state index in [-0.39, 0.29) is 6.04 Å². The van der Waals surface area contributed by atoms with Gasteiger partial charge in [-0.15, -0.1) is 11.8 Å². The van der Waals surface area contributed by atoms with E-state index in [9.17, 15) is 0 Å². The first-order valence-electron chi connectivity index (χ1n) is 10.1. The Labute approximate surface area is 167 Å². The third-order valence-corrected chi connectivity index (χ3v) is 6.10. The van der Waals surface area contributed by atoms with Gasteiger partial charge < -0.3 is 14.8 Å². The van der Waals surface area contributed by atoms with Crippen molar-refractivity contribution in [2.75, 3.05) is 19.0 Å². The molecular formula is C23H31NO2S. The molecule has 0 saturated carbocycles. The van der Waals surface area contributed by atoms with Crippen LogP contribution in [0, 0.1) is 0 Å². The summed E-state index contributed by atoms with van der Waals surface area (Å²) in [5, 5.41) is 3.93. The van der Waals surface area contributed by atoms with Crippen LogP contribution in [0.4, 0.5) is 0 Å². The minimum Gasteiger partial charge on any atom is -0.490 e. The van der Waals surface area contributed by atoms with E-state index in [2.05, 4.69) is 54.7 Å². The van der Waals surface area contributed by atoms with Crippen molar-refractivity contribution in [1.29, 1.82) is 0 Å². The van der Waals surface area contributed by atoms with E-state index in [0.717, 1.165) is 17.3 Å². The van der Waals surface area contributed by atoms with Gasteiger partial charge in [-0.3, -0.25) is 0 Å². The van der Waals surface area contributed by atoms with E-state index in [4.69, 9.17) is 9.47 Å². The average Bonchev–Trinajstić information content (AvgIpc) is 2.87. The molecule has 0 aromatic heterocycles. The maximum atomic E-state index is 5.91. The first-order valence-corrected chi connectivity index (χ1v) is 11.1. The van der Waals surface area contributed by atoms with Gasteiger partial charge in [0, 0.05) is 16.7 Å². The van der Waals surface area contributed by atoms with E-state index in [1.54, 1.807) is 0 Å². The first-order chi connectivity index (χ1) is 13.3. The molecule has 146 valence electrons. The minimum atomic E-state index is 0.174. The molecule has 2 aromatic carbocycles. The summed E-state index contributed by atoms with van der Waals surface area (Å²) in [4.78, 5) is 1.29. The lowest BCUT2D eigenvalue weighted by molar-refractivity contribution is 0.286. The Hall–Kier alpha value is -1.65. The van der Waals surface area contributed by atoms with Crippen LogP contribution < -0.4 is 14.8 Å². The second-order valence-corrected chi connectivity index (χ2v) is 7.93. The van der Waals surface area contributed by atoms with Crippen LogP contribution in [0.1, 0.15) is 57.2 Å². The number of hydrogen-bond acceptors (Lipinski definition) is 4. The van der Waals surface area contributed by atoms with Crippen LogP contribution in [-0.2, 0) is 0 Å². The van der Waals surface area contributed by atoms with Crippen molar-refractivity contribution < 1.29 is 9.47 Å². The highest BCUT2D eigenvalue weighted by atomic mass is 32.2. The third-order valence-electron chi connectivity index (χ3n) is 4.87. The van der Waals surface area contributed by atoms with Crippen LogP contribution in [-0.4, -0.2) is 25.0 Å². The molecule has 27 heavy (non-hydrogen) atoms. The summed E-state index contributed by atoms with van der Waals surface area (Å²) in [5.41, 5.74) is 2.59. The Kier molecular flexibility index (Phi) is 7.48. The highest BCUT2D eigenvalue weighted by molar-refractivity contribution is 7.99. The third kappa shape index (κ3) is 4.99. The number of benzene rings is 2. The summed E-state index contributed by atoms with van der Waals surface area (Å²) in [6, 6.07) is 15.8. The average molecular weight is 386 g/mol. The molecule has 0 fully saturated rings. The van der Waals surface area contributed by atoms with Gasteiger partial charge in [0.2, 0.25) is 0 Å². The Morgan fingerprint density at radius 2 is 1.70 bits per heavy atom. The van der Waals surface area contributed by atoms with Crippen LogP contribution in [0.25, 0.3) is 0 Å². The Morgan fingerprint density at radius 1 is 1.00 bits per heavy atom. The molecule has 0 bridgehead atoms. The standard InChI is InChI=1S/C23H31NO2S/c1-4-7-13-18-16-27-22-15-21(26-6-3)20(25-5-2)14-19(22)23(24-18)17-11-9-8-10-12-17/h8-12,14-15,18,23-24H,4-7,13,16H2,1-3H3/t18-,23-/m1/s1. The number of ether oxygens (including phenoxy) is 2. The minimum absolute atomic E-state index is 0.174. The zero-order chi connectivity index (χ0) is 19.1. The molecule has 1 N–H and O–H groups in total. The van der Waals surface area contributed by atoms with E-state index < -0.39 is 0 Å². The van der Waals surface area contributed by atoms with Crippen LogP contribution in [0.15, 0.2) is 47.4 Å². The fraction of sp³-hybridized carbons (Fsp3) is 0.478. The van der Waals surface area contributed by atoms with Crippen molar-refractivity contribution in [3.05, 3.63) is 53.6 Å². The normalized spacial score (nSPS) is 19.2. The number of nitrogens with one attached hydrogen (secondary N) is 1. The molecule has 0 aliphatic carbocycles.